The molecule has 0 aliphatic carbocycles. The van der Waals surface area contributed by atoms with Crippen molar-refractivity contribution in [2.24, 2.45) is 0 Å². The van der Waals surface area contributed by atoms with Gasteiger partial charge in [-0.25, -0.2) is 0 Å². The molecule has 1 saturated heterocycles. The van der Waals surface area contributed by atoms with Gasteiger partial charge in [0.15, 0.2) is 0 Å². The fourth-order valence-electron chi connectivity index (χ4n) is 2.35. The number of carbonyl (C=O) groups excluding carboxylic acids is 2. The molecule has 0 aromatic heterocycles. The molecule has 7 heteroatoms. The summed E-state index contributed by atoms with van der Waals surface area (Å²) in [7, 11) is 0. The van der Waals surface area contributed by atoms with Gasteiger partial charge in [-0.15, -0.1) is 0 Å². The molecule has 2 rings (SSSR count). The number of benzene rings is 1. The van der Waals surface area contributed by atoms with Crippen molar-refractivity contribution >= 4 is 45.8 Å². The fourth-order valence-corrected chi connectivity index (χ4v) is 3.48. The third-order valence-corrected chi connectivity index (χ3v) is 5.01. The van der Waals surface area contributed by atoms with E-state index in [9.17, 15) is 9.59 Å². The van der Waals surface area contributed by atoms with Gasteiger partial charge in [-0.2, -0.15) is 0 Å². The Bertz CT molecular complexity index is 574. The largest absolute Gasteiger partial charge is 0.494 e. The van der Waals surface area contributed by atoms with Gasteiger partial charge in [0.25, 0.3) is 0 Å². The molecule has 0 spiro atoms. The summed E-state index contributed by atoms with van der Waals surface area (Å²) in [6.45, 7) is 3.21. The number of rotatable bonds is 9. The topological polar surface area (TPSA) is 58.6 Å². The van der Waals surface area contributed by atoms with E-state index in [0.29, 0.717) is 29.6 Å². The molecule has 0 saturated carbocycles. The second-order valence-corrected chi connectivity index (χ2v) is 7.03. The van der Waals surface area contributed by atoms with Crippen molar-refractivity contribution in [3.8, 4) is 5.75 Å². The molecule has 1 N–H and O–H groups in total. The lowest BCUT2D eigenvalue weighted by Gasteiger charge is -2.14. The summed E-state index contributed by atoms with van der Waals surface area (Å²) in [5, 5.41) is 2.87. The van der Waals surface area contributed by atoms with Gasteiger partial charge in [-0.05, 0) is 44.0 Å². The number of ether oxygens (including phenoxy) is 1. The van der Waals surface area contributed by atoms with Crippen LogP contribution in [0.15, 0.2) is 24.3 Å². The van der Waals surface area contributed by atoms with Crippen LogP contribution in [0.5, 0.6) is 5.75 Å². The van der Waals surface area contributed by atoms with Crippen LogP contribution < -0.4 is 10.1 Å². The van der Waals surface area contributed by atoms with Crippen LogP contribution in [0, 0.1) is 0 Å². The highest BCUT2D eigenvalue weighted by Crippen LogP contribution is 2.20. The van der Waals surface area contributed by atoms with Crippen LogP contribution in [0.3, 0.4) is 0 Å². The number of hydrogen-bond donors (Lipinski definition) is 1. The lowest BCUT2D eigenvalue weighted by atomic mass is 10.1. The van der Waals surface area contributed by atoms with Crippen LogP contribution in [0.4, 0.5) is 5.69 Å². The van der Waals surface area contributed by atoms with Gasteiger partial charge < -0.3 is 10.1 Å². The Hall–Kier alpha value is -1.60. The number of unbranched alkanes of at least 4 members (excludes halogenated alkanes) is 2. The standard InChI is InChI=1S/C17H22N2O3S2/c1-2-22-14-9-7-13(8-10-14)18-15(20)6-4-3-5-11-19-16(21)12-24-17(19)23/h7-10H,2-6,11-12H2,1H3,(H,18,20). The predicted molar refractivity (Wildman–Crippen MR) is 101 cm³/mol. The van der Waals surface area contributed by atoms with Gasteiger partial charge in [-0.1, -0.05) is 30.4 Å². The van der Waals surface area contributed by atoms with E-state index in [2.05, 4.69) is 5.32 Å². The first kappa shape index (κ1) is 18.7. The quantitative estimate of drug-likeness (QED) is 0.536. The second kappa shape index (κ2) is 9.64. The number of anilines is 1. The Morgan fingerprint density at radius 1 is 1.29 bits per heavy atom. The van der Waals surface area contributed by atoms with Crippen molar-refractivity contribution in [2.45, 2.75) is 32.6 Å². The first-order valence-electron chi connectivity index (χ1n) is 8.10. The highest BCUT2D eigenvalue weighted by Gasteiger charge is 2.25. The molecule has 1 heterocycles. The molecule has 0 bridgehead atoms. The van der Waals surface area contributed by atoms with E-state index in [-0.39, 0.29) is 11.8 Å². The summed E-state index contributed by atoms with van der Waals surface area (Å²) in [5.74, 6) is 1.35. The minimum atomic E-state index is 0.00230. The highest BCUT2D eigenvalue weighted by molar-refractivity contribution is 8.23. The van der Waals surface area contributed by atoms with Crippen molar-refractivity contribution in [3.05, 3.63) is 24.3 Å². The zero-order chi connectivity index (χ0) is 17.4. The predicted octanol–water partition coefficient (Wildman–Crippen LogP) is 3.44. The molecule has 1 fully saturated rings. The van der Waals surface area contributed by atoms with E-state index in [0.717, 1.165) is 30.7 Å². The van der Waals surface area contributed by atoms with Crippen LogP contribution in [-0.4, -0.2) is 39.9 Å². The van der Waals surface area contributed by atoms with Crippen LogP contribution in [0.1, 0.15) is 32.6 Å². The molecule has 1 aliphatic rings. The van der Waals surface area contributed by atoms with Crippen molar-refractivity contribution < 1.29 is 14.3 Å². The van der Waals surface area contributed by atoms with Gasteiger partial charge in [0.1, 0.15) is 10.1 Å². The number of amides is 2. The number of thiocarbonyl (C=S) groups is 1. The summed E-state index contributed by atoms with van der Waals surface area (Å²) >= 11 is 6.55. The van der Waals surface area contributed by atoms with Gasteiger partial charge in [0.2, 0.25) is 11.8 Å². The Morgan fingerprint density at radius 2 is 2.04 bits per heavy atom. The van der Waals surface area contributed by atoms with Gasteiger partial charge >= 0.3 is 0 Å². The molecule has 2 amide bonds. The molecular formula is C17H22N2O3S2. The third kappa shape index (κ3) is 5.79. The van der Waals surface area contributed by atoms with Crippen molar-refractivity contribution in [2.75, 3.05) is 24.2 Å². The van der Waals surface area contributed by atoms with E-state index >= 15 is 0 Å². The SMILES string of the molecule is CCOc1ccc(NC(=O)CCCCCN2C(=O)CSC2=S)cc1. The van der Waals surface area contributed by atoms with Crippen molar-refractivity contribution in [1.29, 1.82) is 0 Å². The summed E-state index contributed by atoms with van der Waals surface area (Å²) in [4.78, 5) is 25.2. The zero-order valence-electron chi connectivity index (χ0n) is 13.7. The lowest BCUT2D eigenvalue weighted by molar-refractivity contribution is -0.124. The second-order valence-electron chi connectivity index (χ2n) is 5.42. The summed E-state index contributed by atoms with van der Waals surface area (Å²) in [6.07, 6.45) is 3.03. The number of nitrogens with zero attached hydrogens (tertiary/aromatic N) is 1. The van der Waals surface area contributed by atoms with Gasteiger partial charge in [0.05, 0.1) is 12.4 Å². The molecular weight excluding hydrogens is 344 g/mol. The molecule has 0 atom stereocenters. The highest BCUT2D eigenvalue weighted by atomic mass is 32.2. The van der Waals surface area contributed by atoms with E-state index in [1.165, 1.54) is 11.8 Å². The molecule has 130 valence electrons. The Balaban J connectivity index is 1.61. The van der Waals surface area contributed by atoms with E-state index in [1.807, 2.05) is 31.2 Å². The minimum absolute atomic E-state index is 0.00230. The molecule has 1 aliphatic heterocycles. The Morgan fingerprint density at radius 3 is 2.67 bits per heavy atom. The molecule has 5 nitrogen and oxygen atoms in total. The number of carbonyl (C=O) groups is 2. The minimum Gasteiger partial charge on any atom is -0.494 e. The number of hydrogen-bond acceptors (Lipinski definition) is 5. The summed E-state index contributed by atoms with van der Waals surface area (Å²) in [5.41, 5.74) is 0.772. The Labute approximate surface area is 152 Å². The smallest absolute Gasteiger partial charge is 0.238 e. The van der Waals surface area contributed by atoms with Crippen molar-refractivity contribution in [1.82, 2.24) is 4.90 Å². The summed E-state index contributed by atoms with van der Waals surface area (Å²) in [6, 6.07) is 7.35. The molecule has 0 radical (unpaired) electrons. The molecule has 0 unspecified atom stereocenters. The van der Waals surface area contributed by atoms with Crippen molar-refractivity contribution in [3.63, 3.8) is 0 Å². The van der Waals surface area contributed by atoms with Gasteiger partial charge in [-0.3, -0.25) is 14.5 Å². The Kier molecular flexibility index (Phi) is 7.52. The summed E-state index contributed by atoms with van der Waals surface area (Å²) < 4.78 is 6.04. The molecule has 24 heavy (non-hydrogen) atoms. The van der Waals surface area contributed by atoms with Crippen LogP contribution in [0.2, 0.25) is 0 Å². The van der Waals surface area contributed by atoms with E-state index < -0.39 is 0 Å². The number of nitrogens with one attached hydrogen (secondary N) is 1. The first-order valence-corrected chi connectivity index (χ1v) is 9.49. The van der Waals surface area contributed by atoms with Crippen LogP contribution >= 0.6 is 24.0 Å². The monoisotopic (exact) mass is 366 g/mol. The maximum atomic E-state index is 11.9. The van der Waals surface area contributed by atoms with E-state index in [1.54, 1.807) is 4.90 Å². The molecule has 1 aromatic carbocycles. The maximum absolute atomic E-state index is 11.9. The third-order valence-electron chi connectivity index (χ3n) is 3.58. The maximum Gasteiger partial charge on any atom is 0.238 e. The van der Waals surface area contributed by atoms with Crippen LogP contribution in [0.25, 0.3) is 0 Å². The lowest BCUT2D eigenvalue weighted by Crippen LogP contribution is -2.29. The first-order chi connectivity index (χ1) is 11.6. The zero-order valence-corrected chi connectivity index (χ0v) is 15.4. The van der Waals surface area contributed by atoms with Gasteiger partial charge in [0, 0.05) is 18.7 Å². The van der Waals surface area contributed by atoms with E-state index in [4.69, 9.17) is 17.0 Å². The van der Waals surface area contributed by atoms with Crippen LogP contribution in [-0.2, 0) is 9.59 Å². The average Bonchev–Trinajstić information content (AvgIpc) is 2.88. The number of thioether (sulfide) groups is 1. The average molecular weight is 367 g/mol. The normalized spacial score (nSPS) is 14.1. The molecule has 1 aromatic rings. The fraction of sp³-hybridized carbons (Fsp3) is 0.471.